The Balaban J connectivity index is 2.24. The van der Waals surface area contributed by atoms with E-state index in [1.54, 1.807) is 19.9 Å². The zero-order chi connectivity index (χ0) is 19.7. The van der Waals surface area contributed by atoms with Crippen molar-refractivity contribution in [2.24, 2.45) is 0 Å². The van der Waals surface area contributed by atoms with E-state index in [9.17, 15) is 14.0 Å². The van der Waals surface area contributed by atoms with Gasteiger partial charge in [-0.3, -0.25) is 14.2 Å². The molecule has 0 aliphatic heterocycles. The number of nitrogens with zero attached hydrogens (tertiary/aromatic N) is 3. The van der Waals surface area contributed by atoms with Gasteiger partial charge < -0.3 is 5.32 Å². The molecule has 0 fully saturated rings. The van der Waals surface area contributed by atoms with Crippen molar-refractivity contribution in [2.45, 2.75) is 26.4 Å². The lowest BCUT2D eigenvalue weighted by Gasteiger charge is -2.15. The minimum atomic E-state index is -0.596. The third kappa shape index (κ3) is 4.09. The molecular formula is C18H15Cl2FN4O2. The van der Waals surface area contributed by atoms with Crippen LogP contribution < -0.4 is 10.9 Å². The fourth-order valence-corrected chi connectivity index (χ4v) is 2.92. The van der Waals surface area contributed by atoms with E-state index in [-0.39, 0.29) is 40.0 Å². The molecule has 0 radical (unpaired) electrons. The Bertz CT molecular complexity index is 1100. The van der Waals surface area contributed by atoms with Crippen molar-refractivity contribution < 1.29 is 9.18 Å². The lowest BCUT2D eigenvalue weighted by molar-refractivity contribution is -0.122. The van der Waals surface area contributed by atoms with Crippen LogP contribution in [0.4, 0.5) is 4.39 Å². The highest BCUT2D eigenvalue weighted by atomic mass is 35.5. The summed E-state index contributed by atoms with van der Waals surface area (Å²) in [5.41, 5.74) is 0.210. The molecule has 0 bridgehead atoms. The second-order valence-corrected chi connectivity index (χ2v) is 6.97. The van der Waals surface area contributed by atoms with Gasteiger partial charge in [-0.1, -0.05) is 23.2 Å². The number of rotatable bonds is 4. The number of amides is 1. The van der Waals surface area contributed by atoms with Crippen molar-refractivity contribution in [2.75, 3.05) is 0 Å². The van der Waals surface area contributed by atoms with Gasteiger partial charge >= 0.3 is 0 Å². The van der Waals surface area contributed by atoms with Crippen LogP contribution >= 0.6 is 23.2 Å². The van der Waals surface area contributed by atoms with Crippen molar-refractivity contribution in [3.05, 3.63) is 56.7 Å². The molecule has 0 saturated heterocycles. The molecule has 0 unspecified atom stereocenters. The Kier molecular flexibility index (Phi) is 5.43. The summed E-state index contributed by atoms with van der Waals surface area (Å²) in [7, 11) is 0. The zero-order valence-electron chi connectivity index (χ0n) is 14.5. The Morgan fingerprint density at radius 1 is 1.22 bits per heavy atom. The van der Waals surface area contributed by atoms with Crippen LogP contribution in [0.15, 0.2) is 35.1 Å². The molecule has 2 aromatic heterocycles. The largest absolute Gasteiger partial charge is 0.352 e. The Morgan fingerprint density at radius 2 is 1.96 bits per heavy atom. The molecule has 0 saturated carbocycles. The molecule has 27 heavy (non-hydrogen) atoms. The number of benzene rings is 1. The Hall–Kier alpha value is -2.51. The van der Waals surface area contributed by atoms with Crippen LogP contribution in [0.3, 0.4) is 0 Å². The summed E-state index contributed by atoms with van der Waals surface area (Å²) in [4.78, 5) is 33.7. The quantitative estimate of drug-likeness (QED) is 0.670. The molecule has 140 valence electrons. The first kappa shape index (κ1) is 19.3. The van der Waals surface area contributed by atoms with E-state index in [4.69, 9.17) is 23.2 Å². The summed E-state index contributed by atoms with van der Waals surface area (Å²) in [6.07, 6.45) is 0. The fourth-order valence-electron chi connectivity index (χ4n) is 2.59. The van der Waals surface area contributed by atoms with Crippen LogP contribution in [0, 0.1) is 5.82 Å². The first-order chi connectivity index (χ1) is 12.8. The molecule has 9 heteroatoms. The van der Waals surface area contributed by atoms with Crippen molar-refractivity contribution >= 4 is 40.1 Å². The predicted molar refractivity (Wildman–Crippen MR) is 102 cm³/mol. The van der Waals surface area contributed by atoms with Crippen LogP contribution in [0.2, 0.25) is 10.2 Å². The number of hydrogen-bond acceptors (Lipinski definition) is 4. The van der Waals surface area contributed by atoms with E-state index < -0.39 is 11.4 Å². The molecule has 1 aromatic carbocycles. The standard InChI is InChI=1S/C18H15Cl2FN4O2/c1-9(2)22-15(26)8-25-17(10-3-4-12(21)11(19)7-10)23-13-5-6-14(20)24-16(13)18(25)27/h3-7,9H,8H2,1-2H3,(H,22,26). The zero-order valence-corrected chi connectivity index (χ0v) is 16.0. The average Bonchev–Trinajstić information content (AvgIpc) is 2.59. The first-order valence-corrected chi connectivity index (χ1v) is 8.83. The highest BCUT2D eigenvalue weighted by molar-refractivity contribution is 6.31. The maximum atomic E-state index is 13.5. The molecule has 0 atom stereocenters. The third-order valence-electron chi connectivity index (χ3n) is 3.70. The second kappa shape index (κ2) is 7.62. The second-order valence-electron chi connectivity index (χ2n) is 6.18. The van der Waals surface area contributed by atoms with E-state index in [0.717, 1.165) is 0 Å². The molecule has 1 N–H and O–H groups in total. The number of pyridine rings is 1. The van der Waals surface area contributed by atoms with E-state index in [1.807, 2.05) is 0 Å². The summed E-state index contributed by atoms with van der Waals surface area (Å²) in [5, 5.41) is 2.74. The van der Waals surface area contributed by atoms with Crippen molar-refractivity contribution in [1.82, 2.24) is 19.9 Å². The summed E-state index contributed by atoms with van der Waals surface area (Å²) in [6.45, 7) is 3.33. The smallest absolute Gasteiger partial charge is 0.280 e. The van der Waals surface area contributed by atoms with Crippen LogP contribution in [0.25, 0.3) is 22.4 Å². The number of fused-ring (bicyclic) bond motifs is 1. The number of nitrogens with one attached hydrogen (secondary N) is 1. The Labute approximate surface area is 164 Å². The lowest BCUT2D eigenvalue weighted by atomic mass is 10.2. The van der Waals surface area contributed by atoms with Crippen molar-refractivity contribution in [3.63, 3.8) is 0 Å². The van der Waals surface area contributed by atoms with Gasteiger partial charge in [0.05, 0.1) is 10.5 Å². The van der Waals surface area contributed by atoms with E-state index in [1.165, 1.54) is 28.8 Å². The summed E-state index contributed by atoms with van der Waals surface area (Å²) in [6, 6.07) is 6.93. The SMILES string of the molecule is CC(C)NC(=O)Cn1c(-c2ccc(F)c(Cl)c2)nc2ccc(Cl)nc2c1=O. The van der Waals surface area contributed by atoms with Crippen LogP contribution in [0.1, 0.15) is 13.8 Å². The molecule has 3 rings (SSSR count). The van der Waals surface area contributed by atoms with Gasteiger partial charge in [-0.15, -0.1) is 0 Å². The molecule has 0 aliphatic carbocycles. The monoisotopic (exact) mass is 408 g/mol. The van der Waals surface area contributed by atoms with Crippen LogP contribution in [0.5, 0.6) is 0 Å². The number of halogens is 3. The normalized spacial score (nSPS) is 11.2. The van der Waals surface area contributed by atoms with Crippen LogP contribution in [-0.4, -0.2) is 26.5 Å². The average molecular weight is 409 g/mol. The van der Waals surface area contributed by atoms with Crippen LogP contribution in [-0.2, 0) is 11.3 Å². The number of hydrogen-bond donors (Lipinski definition) is 1. The summed E-state index contributed by atoms with van der Waals surface area (Å²) < 4.78 is 14.7. The number of carbonyl (C=O) groups is 1. The summed E-state index contributed by atoms with van der Waals surface area (Å²) in [5.74, 6) is -0.789. The van der Waals surface area contributed by atoms with Crippen molar-refractivity contribution in [3.8, 4) is 11.4 Å². The maximum absolute atomic E-state index is 13.5. The highest BCUT2D eigenvalue weighted by Crippen LogP contribution is 2.24. The van der Waals surface area contributed by atoms with E-state index >= 15 is 0 Å². The molecular weight excluding hydrogens is 394 g/mol. The maximum Gasteiger partial charge on any atom is 0.280 e. The summed E-state index contributed by atoms with van der Waals surface area (Å²) >= 11 is 11.8. The van der Waals surface area contributed by atoms with Gasteiger partial charge in [0, 0.05) is 11.6 Å². The first-order valence-electron chi connectivity index (χ1n) is 8.08. The number of aromatic nitrogens is 3. The van der Waals surface area contributed by atoms with Gasteiger partial charge in [0.15, 0.2) is 5.52 Å². The lowest BCUT2D eigenvalue weighted by Crippen LogP contribution is -2.37. The molecule has 0 aliphatic rings. The fraction of sp³-hybridized carbons (Fsp3) is 0.222. The molecule has 6 nitrogen and oxygen atoms in total. The van der Waals surface area contributed by atoms with E-state index in [2.05, 4.69) is 15.3 Å². The minimum Gasteiger partial charge on any atom is -0.352 e. The molecule has 1 amide bonds. The molecule has 3 aromatic rings. The topological polar surface area (TPSA) is 76.9 Å². The number of carbonyl (C=O) groups excluding carboxylic acids is 1. The predicted octanol–water partition coefficient (Wildman–Crippen LogP) is 3.43. The highest BCUT2D eigenvalue weighted by Gasteiger charge is 2.18. The Morgan fingerprint density at radius 3 is 2.63 bits per heavy atom. The van der Waals surface area contributed by atoms with Gasteiger partial charge in [0.2, 0.25) is 5.91 Å². The van der Waals surface area contributed by atoms with Gasteiger partial charge in [0.1, 0.15) is 23.3 Å². The van der Waals surface area contributed by atoms with Gasteiger partial charge in [-0.2, -0.15) is 0 Å². The minimum absolute atomic E-state index is 0.0387. The third-order valence-corrected chi connectivity index (χ3v) is 4.20. The molecule has 2 heterocycles. The van der Waals surface area contributed by atoms with Gasteiger partial charge in [0.25, 0.3) is 5.56 Å². The molecule has 0 spiro atoms. The van der Waals surface area contributed by atoms with E-state index in [0.29, 0.717) is 11.1 Å². The van der Waals surface area contributed by atoms with Crippen molar-refractivity contribution in [1.29, 1.82) is 0 Å². The van der Waals surface area contributed by atoms with Gasteiger partial charge in [-0.05, 0) is 44.2 Å². The van der Waals surface area contributed by atoms with Gasteiger partial charge in [-0.25, -0.2) is 14.4 Å².